The van der Waals surface area contributed by atoms with Crippen molar-refractivity contribution in [1.29, 1.82) is 0 Å². The number of nitrogens with one attached hydrogen (secondary N) is 3. The number of aromatic amines is 2. The minimum Gasteiger partial charge on any atom is -0.493 e. The highest BCUT2D eigenvalue weighted by Gasteiger charge is 2.12. The van der Waals surface area contributed by atoms with Gasteiger partial charge in [0.2, 0.25) is 0 Å². The van der Waals surface area contributed by atoms with E-state index in [2.05, 4.69) is 15.3 Å². The Labute approximate surface area is 133 Å². The lowest BCUT2D eigenvalue weighted by Gasteiger charge is -2.17. The number of methoxy groups -OCH3 is 2. The Morgan fingerprint density at radius 3 is 2.43 bits per heavy atom. The second-order valence-corrected chi connectivity index (χ2v) is 5.23. The Morgan fingerprint density at radius 2 is 1.83 bits per heavy atom. The number of aryl methyl sites for hydroxylation is 1. The summed E-state index contributed by atoms with van der Waals surface area (Å²) in [5.41, 5.74) is 1.20. The van der Waals surface area contributed by atoms with E-state index in [0.29, 0.717) is 29.3 Å². The zero-order valence-electron chi connectivity index (χ0n) is 13.6. The van der Waals surface area contributed by atoms with Crippen LogP contribution in [0.25, 0.3) is 0 Å². The van der Waals surface area contributed by atoms with Crippen LogP contribution in [-0.4, -0.2) is 24.2 Å². The molecule has 0 aliphatic rings. The Bertz CT molecular complexity index is 795. The molecule has 1 aromatic heterocycles. The number of hydrogen-bond acceptors (Lipinski definition) is 5. The summed E-state index contributed by atoms with van der Waals surface area (Å²) in [4.78, 5) is 27.9. The van der Waals surface area contributed by atoms with E-state index in [1.54, 1.807) is 21.1 Å². The second kappa shape index (κ2) is 7.15. The van der Waals surface area contributed by atoms with E-state index in [9.17, 15) is 9.59 Å². The van der Waals surface area contributed by atoms with Crippen LogP contribution < -0.4 is 26.0 Å². The summed E-state index contributed by atoms with van der Waals surface area (Å²) in [6.07, 6.45) is 0. The minimum absolute atomic E-state index is 0.0134. The number of hydrogen-bond donors (Lipinski definition) is 3. The molecule has 0 bridgehead atoms. The van der Waals surface area contributed by atoms with Crippen molar-refractivity contribution in [3.8, 4) is 11.5 Å². The molecule has 0 aliphatic heterocycles. The van der Waals surface area contributed by atoms with Gasteiger partial charge in [-0.05, 0) is 31.5 Å². The fourth-order valence-corrected chi connectivity index (χ4v) is 2.33. The Hall–Kier alpha value is -2.54. The molecule has 0 radical (unpaired) electrons. The second-order valence-electron chi connectivity index (χ2n) is 5.23. The maximum atomic E-state index is 11.8. The van der Waals surface area contributed by atoms with Crippen LogP contribution in [0.1, 0.15) is 29.8 Å². The Kier molecular flexibility index (Phi) is 5.23. The van der Waals surface area contributed by atoms with Crippen molar-refractivity contribution in [3.63, 3.8) is 0 Å². The van der Waals surface area contributed by atoms with Crippen LogP contribution in [0.15, 0.2) is 27.8 Å². The van der Waals surface area contributed by atoms with Crippen molar-refractivity contribution in [3.05, 3.63) is 55.9 Å². The van der Waals surface area contributed by atoms with E-state index < -0.39 is 5.69 Å². The first-order chi connectivity index (χ1) is 11.0. The molecule has 0 fully saturated rings. The SMILES string of the molecule is COc1ccc(C(C)NCc2c(C)[nH]c(=O)[nH]c2=O)cc1OC. The molecule has 7 heteroatoms. The maximum Gasteiger partial charge on any atom is 0.325 e. The lowest BCUT2D eigenvalue weighted by molar-refractivity contribution is 0.354. The van der Waals surface area contributed by atoms with E-state index in [0.717, 1.165) is 5.56 Å². The lowest BCUT2D eigenvalue weighted by Crippen LogP contribution is -2.30. The minimum atomic E-state index is -0.496. The lowest BCUT2D eigenvalue weighted by atomic mass is 10.1. The van der Waals surface area contributed by atoms with Gasteiger partial charge in [0.05, 0.1) is 19.8 Å². The van der Waals surface area contributed by atoms with Crippen molar-refractivity contribution in [2.45, 2.75) is 26.4 Å². The van der Waals surface area contributed by atoms with Gasteiger partial charge in [0.1, 0.15) is 0 Å². The zero-order chi connectivity index (χ0) is 17.0. The highest BCUT2D eigenvalue weighted by molar-refractivity contribution is 5.43. The van der Waals surface area contributed by atoms with Gasteiger partial charge in [-0.1, -0.05) is 6.07 Å². The van der Waals surface area contributed by atoms with Gasteiger partial charge < -0.3 is 19.8 Å². The molecular weight excluding hydrogens is 298 g/mol. The number of ether oxygens (including phenoxy) is 2. The maximum absolute atomic E-state index is 11.8. The van der Waals surface area contributed by atoms with E-state index in [1.165, 1.54) is 0 Å². The van der Waals surface area contributed by atoms with Crippen molar-refractivity contribution in [2.24, 2.45) is 0 Å². The van der Waals surface area contributed by atoms with Gasteiger partial charge in [-0.3, -0.25) is 9.78 Å². The summed E-state index contributed by atoms with van der Waals surface area (Å²) in [6, 6.07) is 5.65. The summed E-state index contributed by atoms with van der Waals surface area (Å²) in [7, 11) is 3.17. The number of benzene rings is 1. The van der Waals surface area contributed by atoms with E-state index >= 15 is 0 Å². The van der Waals surface area contributed by atoms with E-state index in [1.807, 2.05) is 25.1 Å². The van der Waals surface area contributed by atoms with Crippen LogP contribution in [0.2, 0.25) is 0 Å². The van der Waals surface area contributed by atoms with Crippen LogP contribution in [-0.2, 0) is 6.54 Å². The van der Waals surface area contributed by atoms with Crippen molar-refractivity contribution in [1.82, 2.24) is 15.3 Å². The van der Waals surface area contributed by atoms with Gasteiger partial charge in [-0.15, -0.1) is 0 Å². The van der Waals surface area contributed by atoms with Crippen molar-refractivity contribution in [2.75, 3.05) is 14.2 Å². The molecule has 23 heavy (non-hydrogen) atoms. The third-order valence-electron chi connectivity index (χ3n) is 3.75. The standard InChI is InChI=1S/C16H21N3O4/c1-9(11-5-6-13(22-3)14(7-11)23-4)17-8-12-10(2)18-16(21)19-15(12)20/h5-7,9,17H,8H2,1-4H3,(H2,18,19,20,21). The van der Waals surface area contributed by atoms with Gasteiger partial charge in [-0.2, -0.15) is 0 Å². The number of aromatic nitrogens is 2. The number of H-pyrrole nitrogens is 2. The summed E-state index contributed by atoms with van der Waals surface area (Å²) in [6.45, 7) is 4.03. The average Bonchev–Trinajstić information content (AvgIpc) is 2.52. The molecule has 0 amide bonds. The molecule has 7 nitrogen and oxygen atoms in total. The molecule has 3 N–H and O–H groups in total. The molecule has 0 aliphatic carbocycles. The third kappa shape index (κ3) is 3.81. The smallest absolute Gasteiger partial charge is 0.325 e. The quantitative estimate of drug-likeness (QED) is 0.744. The fraction of sp³-hybridized carbons (Fsp3) is 0.375. The largest absolute Gasteiger partial charge is 0.493 e. The third-order valence-corrected chi connectivity index (χ3v) is 3.75. The van der Waals surface area contributed by atoms with E-state index in [-0.39, 0.29) is 11.6 Å². The monoisotopic (exact) mass is 319 g/mol. The molecule has 0 saturated heterocycles. The topological polar surface area (TPSA) is 96.2 Å². The van der Waals surface area contributed by atoms with Gasteiger partial charge in [0.25, 0.3) is 5.56 Å². The molecule has 1 heterocycles. The number of rotatable bonds is 6. The van der Waals surface area contributed by atoms with Gasteiger partial charge in [0.15, 0.2) is 11.5 Å². The molecule has 0 spiro atoms. The molecule has 2 rings (SSSR count). The first-order valence-electron chi connectivity index (χ1n) is 7.23. The summed E-state index contributed by atoms with van der Waals surface area (Å²) in [5.74, 6) is 1.31. The van der Waals surface area contributed by atoms with Crippen LogP contribution in [0.3, 0.4) is 0 Å². The van der Waals surface area contributed by atoms with E-state index in [4.69, 9.17) is 9.47 Å². The summed E-state index contributed by atoms with van der Waals surface area (Å²) >= 11 is 0. The molecule has 124 valence electrons. The fourth-order valence-electron chi connectivity index (χ4n) is 2.33. The van der Waals surface area contributed by atoms with Gasteiger partial charge in [0, 0.05) is 18.3 Å². The van der Waals surface area contributed by atoms with Gasteiger partial charge in [-0.25, -0.2) is 4.79 Å². The predicted molar refractivity (Wildman–Crippen MR) is 87.2 cm³/mol. The van der Waals surface area contributed by atoms with Crippen molar-refractivity contribution < 1.29 is 9.47 Å². The normalized spacial score (nSPS) is 12.0. The summed E-state index contributed by atoms with van der Waals surface area (Å²) in [5, 5.41) is 3.27. The summed E-state index contributed by atoms with van der Waals surface area (Å²) < 4.78 is 10.5. The van der Waals surface area contributed by atoms with Crippen LogP contribution >= 0.6 is 0 Å². The molecule has 1 aromatic carbocycles. The molecule has 1 unspecified atom stereocenters. The zero-order valence-corrected chi connectivity index (χ0v) is 13.6. The first kappa shape index (κ1) is 16.8. The van der Waals surface area contributed by atoms with Crippen molar-refractivity contribution >= 4 is 0 Å². The Morgan fingerprint density at radius 1 is 1.13 bits per heavy atom. The Balaban J connectivity index is 2.16. The molecule has 0 saturated carbocycles. The first-order valence-corrected chi connectivity index (χ1v) is 7.23. The van der Waals surface area contributed by atoms with Crippen LogP contribution in [0.4, 0.5) is 0 Å². The highest BCUT2D eigenvalue weighted by Crippen LogP contribution is 2.29. The van der Waals surface area contributed by atoms with Crippen LogP contribution in [0.5, 0.6) is 11.5 Å². The average molecular weight is 319 g/mol. The van der Waals surface area contributed by atoms with Crippen LogP contribution in [0, 0.1) is 6.92 Å². The molecular formula is C16H21N3O4. The highest BCUT2D eigenvalue weighted by atomic mass is 16.5. The molecule has 1 atom stereocenters. The van der Waals surface area contributed by atoms with Gasteiger partial charge >= 0.3 is 5.69 Å². The predicted octanol–water partition coefficient (Wildman–Crippen LogP) is 1.24. The molecule has 2 aromatic rings.